The minimum absolute atomic E-state index is 0.390. The van der Waals surface area contributed by atoms with E-state index in [0.717, 1.165) is 10.5 Å². The Bertz CT molecular complexity index is 248. The molecule has 0 heterocycles. The van der Waals surface area contributed by atoms with Gasteiger partial charge in [0.05, 0.1) is 0 Å². The summed E-state index contributed by atoms with van der Waals surface area (Å²) in [4.78, 5) is 0. The first-order chi connectivity index (χ1) is 5.25. The minimum Gasteiger partial charge on any atom is -0.465 e. The summed E-state index contributed by atoms with van der Waals surface area (Å²) in [5.41, 5.74) is 2.81. The van der Waals surface area contributed by atoms with Crippen molar-refractivity contribution in [1.82, 2.24) is 0 Å². The second kappa shape index (κ2) is 3.85. The van der Waals surface area contributed by atoms with Crippen LogP contribution in [0.4, 0.5) is 0 Å². The highest BCUT2D eigenvalue weighted by atomic mass is 28.3. The van der Waals surface area contributed by atoms with Gasteiger partial charge >= 0.3 is 0 Å². The third-order valence-corrected chi connectivity index (χ3v) is 4.25. The number of benzene rings is 1. The lowest BCUT2D eigenvalue weighted by Gasteiger charge is -2.05. The molecule has 1 nitrogen and oxygen atoms in total. The Hall–Kier alpha value is -0.386. The highest BCUT2D eigenvalue weighted by Gasteiger charge is 1.98. The van der Waals surface area contributed by atoms with E-state index in [4.69, 9.17) is 4.12 Å². The van der Waals surface area contributed by atoms with Crippen LogP contribution in [0.5, 0.6) is 0 Å². The molecule has 0 atom stereocenters. The van der Waals surface area contributed by atoms with Crippen LogP contribution >= 0.6 is 0 Å². The molecule has 0 aliphatic carbocycles. The second-order valence-corrected chi connectivity index (χ2v) is 6.15. The lowest BCUT2D eigenvalue weighted by atomic mass is 10.1. The second-order valence-electron chi connectivity index (χ2n) is 2.79. The van der Waals surface area contributed by atoms with Crippen molar-refractivity contribution >= 4 is 25.4 Å². The van der Waals surface area contributed by atoms with Crippen molar-refractivity contribution in [3.05, 3.63) is 29.3 Å². The number of hydrogen-bond donors (Lipinski definition) is 0. The summed E-state index contributed by atoms with van der Waals surface area (Å²) in [5, 5.41) is 1.46. The summed E-state index contributed by atoms with van der Waals surface area (Å²) in [6.07, 6.45) is 0. The van der Waals surface area contributed by atoms with Gasteiger partial charge in [0.1, 0.15) is 10.5 Å². The van der Waals surface area contributed by atoms with Gasteiger partial charge in [-0.2, -0.15) is 0 Å². The lowest BCUT2D eigenvalue weighted by molar-refractivity contribution is 0.676. The fourth-order valence-corrected chi connectivity index (χ4v) is 3.10. The molecule has 0 N–H and O–H groups in total. The van der Waals surface area contributed by atoms with E-state index in [1.165, 1.54) is 16.3 Å². The Morgan fingerprint density at radius 1 is 1.36 bits per heavy atom. The van der Waals surface area contributed by atoms with E-state index in [-0.39, 0.29) is 9.76 Å². The molecule has 60 valence electrons. The van der Waals surface area contributed by atoms with Crippen LogP contribution in [0.15, 0.2) is 18.2 Å². The predicted octanol–water partition coefficient (Wildman–Crippen LogP) is -0.690. The monoisotopic (exact) mass is 182 g/mol. The average molecular weight is 182 g/mol. The van der Waals surface area contributed by atoms with Crippen LogP contribution in [0.3, 0.4) is 0 Å². The summed E-state index contributed by atoms with van der Waals surface area (Å²) in [7, 11) is 0.492. The van der Waals surface area contributed by atoms with Crippen LogP contribution in [-0.2, 0) is 4.12 Å². The zero-order chi connectivity index (χ0) is 8.27. The van der Waals surface area contributed by atoms with E-state index in [9.17, 15) is 0 Å². The molecular formula is C8H14OSi2. The first kappa shape index (κ1) is 8.71. The normalized spacial score (nSPS) is 11.5. The quantitative estimate of drug-likeness (QED) is 0.550. The molecule has 0 spiro atoms. The number of rotatable bonds is 2. The molecule has 11 heavy (non-hydrogen) atoms. The molecule has 0 unspecified atom stereocenters. The van der Waals surface area contributed by atoms with Gasteiger partial charge in [0.2, 0.25) is 0 Å². The van der Waals surface area contributed by atoms with Gasteiger partial charge in [0, 0.05) is 0 Å². The van der Waals surface area contributed by atoms with Gasteiger partial charge in [-0.25, -0.2) is 0 Å². The van der Waals surface area contributed by atoms with Crippen LogP contribution in [0.25, 0.3) is 0 Å². The van der Waals surface area contributed by atoms with Crippen molar-refractivity contribution in [2.45, 2.75) is 13.8 Å². The third kappa shape index (κ3) is 2.02. The van der Waals surface area contributed by atoms with Crippen molar-refractivity contribution in [2.24, 2.45) is 0 Å². The van der Waals surface area contributed by atoms with Gasteiger partial charge in [-0.05, 0) is 30.2 Å². The molecule has 1 aromatic rings. The van der Waals surface area contributed by atoms with E-state index in [1.54, 1.807) is 0 Å². The molecule has 0 radical (unpaired) electrons. The average Bonchev–Trinajstić information content (AvgIpc) is 1.99. The predicted molar refractivity (Wildman–Crippen MR) is 55.1 cm³/mol. The molecule has 0 bridgehead atoms. The van der Waals surface area contributed by atoms with Gasteiger partial charge in [-0.3, -0.25) is 0 Å². The van der Waals surface area contributed by atoms with Gasteiger partial charge in [-0.1, -0.05) is 18.2 Å². The SMILES string of the molecule is Cc1cccc([SiH2]O[SiH3])c1C. The minimum atomic E-state index is -0.390. The van der Waals surface area contributed by atoms with Crippen molar-refractivity contribution in [3.8, 4) is 0 Å². The summed E-state index contributed by atoms with van der Waals surface area (Å²) in [5.74, 6) is 0. The third-order valence-electron chi connectivity index (χ3n) is 2.02. The zero-order valence-corrected chi connectivity index (χ0v) is 10.8. The molecule has 0 aliphatic rings. The molecule has 1 aromatic carbocycles. The summed E-state index contributed by atoms with van der Waals surface area (Å²) in [6.45, 7) is 4.33. The Balaban J connectivity index is 2.96. The smallest absolute Gasteiger partial charge is 0.178 e. The van der Waals surface area contributed by atoms with Crippen LogP contribution in [-0.4, -0.2) is 20.2 Å². The van der Waals surface area contributed by atoms with E-state index < -0.39 is 0 Å². The van der Waals surface area contributed by atoms with Gasteiger partial charge in [-0.15, -0.1) is 0 Å². The molecular weight excluding hydrogens is 168 g/mol. The standard InChI is InChI=1S/C8H14OSi2/c1-6-4-3-5-8(7(6)2)11-9-10/h3-5H,11H2,1-2,10H3. The highest BCUT2D eigenvalue weighted by Crippen LogP contribution is 2.01. The summed E-state index contributed by atoms with van der Waals surface area (Å²) in [6, 6.07) is 6.46. The Labute approximate surface area is 73.3 Å². The van der Waals surface area contributed by atoms with Crippen LogP contribution < -0.4 is 5.19 Å². The van der Waals surface area contributed by atoms with E-state index in [1.807, 2.05) is 0 Å². The number of aryl methyl sites for hydroxylation is 1. The maximum Gasteiger partial charge on any atom is 0.178 e. The molecule has 0 fully saturated rings. The van der Waals surface area contributed by atoms with Gasteiger partial charge < -0.3 is 4.12 Å². The molecule has 0 saturated carbocycles. The maximum absolute atomic E-state index is 5.34. The highest BCUT2D eigenvalue weighted by molar-refractivity contribution is 6.51. The molecule has 0 saturated heterocycles. The first-order valence-electron chi connectivity index (χ1n) is 3.79. The first-order valence-corrected chi connectivity index (χ1v) is 5.90. The van der Waals surface area contributed by atoms with Crippen LogP contribution in [0.2, 0.25) is 0 Å². The van der Waals surface area contributed by atoms with Gasteiger partial charge in [0.25, 0.3) is 0 Å². The van der Waals surface area contributed by atoms with Gasteiger partial charge in [0.15, 0.2) is 9.76 Å². The molecule has 3 heteroatoms. The summed E-state index contributed by atoms with van der Waals surface area (Å²) >= 11 is 0. The summed E-state index contributed by atoms with van der Waals surface area (Å²) < 4.78 is 5.34. The molecule has 0 aromatic heterocycles. The lowest BCUT2D eigenvalue weighted by Crippen LogP contribution is -2.20. The molecule has 0 aliphatic heterocycles. The Kier molecular flexibility index (Phi) is 3.05. The molecule has 0 amide bonds. The fraction of sp³-hybridized carbons (Fsp3) is 0.250. The largest absolute Gasteiger partial charge is 0.465 e. The van der Waals surface area contributed by atoms with E-state index in [2.05, 4.69) is 32.0 Å². The van der Waals surface area contributed by atoms with Crippen molar-refractivity contribution < 1.29 is 4.12 Å². The van der Waals surface area contributed by atoms with E-state index >= 15 is 0 Å². The fourth-order valence-electron chi connectivity index (χ4n) is 1.12. The van der Waals surface area contributed by atoms with Crippen molar-refractivity contribution in [3.63, 3.8) is 0 Å². The number of hydrogen-bond acceptors (Lipinski definition) is 1. The van der Waals surface area contributed by atoms with E-state index in [0.29, 0.717) is 0 Å². The van der Waals surface area contributed by atoms with Crippen LogP contribution in [0, 0.1) is 13.8 Å². The molecule has 1 rings (SSSR count). The topological polar surface area (TPSA) is 9.23 Å². The van der Waals surface area contributed by atoms with Crippen LogP contribution in [0.1, 0.15) is 11.1 Å². The van der Waals surface area contributed by atoms with Crippen molar-refractivity contribution in [1.29, 1.82) is 0 Å². The zero-order valence-electron chi connectivity index (χ0n) is 7.35. The Morgan fingerprint density at radius 2 is 2.09 bits per heavy atom. The maximum atomic E-state index is 5.34. The van der Waals surface area contributed by atoms with Crippen molar-refractivity contribution in [2.75, 3.05) is 0 Å². The Morgan fingerprint density at radius 3 is 2.73 bits per heavy atom.